The molecule has 0 aliphatic heterocycles. The Bertz CT molecular complexity index is 1000. The summed E-state index contributed by atoms with van der Waals surface area (Å²) in [5.74, 6) is 0.265. The SMILES string of the molecule is Cn1nnc2c(C(=O)NC(=O)OCCSSCCNC(=O)OC(C)(C)C)ncn2c1=O. The third-order valence-electron chi connectivity index (χ3n) is 3.27. The lowest BCUT2D eigenvalue weighted by atomic mass is 10.2. The predicted octanol–water partition coefficient (Wildman–Crippen LogP) is 0.595. The van der Waals surface area contributed by atoms with Gasteiger partial charge >= 0.3 is 17.9 Å². The van der Waals surface area contributed by atoms with E-state index < -0.39 is 29.4 Å². The molecule has 0 unspecified atom stereocenters. The summed E-state index contributed by atoms with van der Waals surface area (Å²) in [6.07, 6.45) is -0.294. The van der Waals surface area contributed by atoms with E-state index in [4.69, 9.17) is 9.47 Å². The van der Waals surface area contributed by atoms with Crippen molar-refractivity contribution in [2.75, 3.05) is 24.7 Å². The number of ether oxygens (including phenoxy) is 2. The van der Waals surface area contributed by atoms with Gasteiger partial charge in [-0.3, -0.25) is 10.1 Å². The molecular weight excluding hydrogens is 450 g/mol. The molecule has 0 atom stereocenters. The van der Waals surface area contributed by atoms with Gasteiger partial charge in [0.15, 0.2) is 11.3 Å². The van der Waals surface area contributed by atoms with Crippen LogP contribution < -0.4 is 16.3 Å². The highest BCUT2D eigenvalue weighted by Crippen LogP contribution is 2.19. The Hall–Kier alpha value is -2.81. The quantitative estimate of drug-likeness (QED) is 0.408. The van der Waals surface area contributed by atoms with Gasteiger partial charge in [0.1, 0.15) is 18.5 Å². The van der Waals surface area contributed by atoms with Crippen LogP contribution in [-0.2, 0) is 16.5 Å². The highest BCUT2D eigenvalue weighted by Gasteiger charge is 2.20. The average molecular weight is 474 g/mol. The van der Waals surface area contributed by atoms with Crippen LogP contribution >= 0.6 is 21.6 Å². The second-order valence-electron chi connectivity index (χ2n) is 6.95. The molecule has 2 heterocycles. The number of imidazole rings is 1. The molecule has 0 aromatic carbocycles. The van der Waals surface area contributed by atoms with E-state index in [1.54, 1.807) is 20.8 Å². The molecule has 2 rings (SSSR count). The van der Waals surface area contributed by atoms with Crippen molar-refractivity contribution in [2.45, 2.75) is 26.4 Å². The van der Waals surface area contributed by atoms with Crippen molar-refractivity contribution in [1.82, 2.24) is 35.0 Å². The Balaban J connectivity index is 1.62. The molecule has 2 aromatic heterocycles. The third kappa shape index (κ3) is 7.75. The van der Waals surface area contributed by atoms with Gasteiger partial charge in [0.05, 0.1) is 0 Å². The number of aryl methyl sites for hydroxylation is 1. The van der Waals surface area contributed by atoms with Gasteiger partial charge in [-0.2, -0.15) is 4.68 Å². The molecule has 15 heteroatoms. The van der Waals surface area contributed by atoms with Gasteiger partial charge < -0.3 is 14.8 Å². The summed E-state index contributed by atoms with van der Waals surface area (Å²) in [7, 11) is 4.34. The van der Waals surface area contributed by atoms with Gasteiger partial charge in [-0.25, -0.2) is 23.8 Å². The number of imide groups is 1. The molecule has 0 bridgehead atoms. The lowest BCUT2D eigenvalue weighted by Gasteiger charge is -2.19. The lowest BCUT2D eigenvalue weighted by Crippen LogP contribution is -2.33. The number of nitrogens with zero attached hydrogens (tertiary/aromatic N) is 5. The molecule has 13 nitrogen and oxygen atoms in total. The van der Waals surface area contributed by atoms with Crippen molar-refractivity contribution in [1.29, 1.82) is 0 Å². The highest BCUT2D eigenvalue weighted by atomic mass is 33.1. The minimum absolute atomic E-state index is 0.0691. The van der Waals surface area contributed by atoms with E-state index in [0.717, 1.165) is 15.4 Å². The number of carbonyl (C=O) groups is 3. The fraction of sp³-hybridized carbons (Fsp3) is 0.562. The van der Waals surface area contributed by atoms with Gasteiger partial charge in [-0.1, -0.05) is 26.8 Å². The van der Waals surface area contributed by atoms with Crippen molar-refractivity contribution in [3.05, 3.63) is 22.5 Å². The Morgan fingerprint density at radius 1 is 1.16 bits per heavy atom. The van der Waals surface area contributed by atoms with Crippen molar-refractivity contribution < 1.29 is 23.9 Å². The summed E-state index contributed by atoms with van der Waals surface area (Å²) in [4.78, 5) is 51.1. The van der Waals surface area contributed by atoms with Crippen molar-refractivity contribution in [3.8, 4) is 0 Å². The Morgan fingerprint density at radius 2 is 1.87 bits per heavy atom. The van der Waals surface area contributed by atoms with Crippen molar-refractivity contribution >= 4 is 45.3 Å². The molecule has 0 spiro atoms. The van der Waals surface area contributed by atoms with Crippen LogP contribution in [0.25, 0.3) is 5.65 Å². The van der Waals surface area contributed by atoms with Crippen LogP contribution in [0.4, 0.5) is 9.59 Å². The van der Waals surface area contributed by atoms with Gasteiger partial charge in [0, 0.05) is 25.1 Å². The van der Waals surface area contributed by atoms with E-state index in [1.807, 2.05) is 5.32 Å². The minimum atomic E-state index is -0.944. The first-order chi connectivity index (χ1) is 14.6. The molecule has 170 valence electrons. The zero-order valence-electron chi connectivity index (χ0n) is 17.4. The Morgan fingerprint density at radius 3 is 2.58 bits per heavy atom. The molecule has 0 fully saturated rings. The first kappa shape index (κ1) is 24.5. The van der Waals surface area contributed by atoms with Gasteiger partial charge in [0.25, 0.3) is 5.91 Å². The number of amides is 3. The first-order valence-corrected chi connectivity index (χ1v) is 11.5. The van der Waals surface area contributed by atoms with Crippen LogP contribution in [0.5, 0.6) is 0 Å². The van der Waals surface area contributed by atoms with Crippen LogP contribution in [0.3, 0.4) is 0 Å². The molecular formula is C16H23N7O6S2. The average Bonchev–Trinajstić information content (AvgIpc) is 3.10. The number of alkyl carbamates (subject to hydrolysis) is 2. The van der Waals surface area contributed by atoms with E-state index in [-0.39, 0.29) is 17.9 Å². The van der Waals surface area contributed by atoms with Gasteiger partial charge in [0.2, 0.25) is 0 Å². The number of rotatable bonds is 8. The Kier molecular flexibility index (Phi) is 8.67. The van der Waals surface area contributed by atoms with E-state index in [9.17, 15) is 19.2 Å². The van der Waals surface area contributed by atoms with Crippen molar-refractivity contribution in [2.24, 2.45) is 7.05 Å². The molecule has 2 N–H and O–H groups in total. The maximum atomic E-state index is 12.2. The minimum Gasteiger partial charge on any atom is -0.448 e. The standard InChI is InChI=1S/C16H23N7O6S2/c1-16(2,3)29-13(25)17-5-7-30-31-8-6-28-14(26)19-12(24)10-11-20-21-22(4)15(27)23(11)9-18-10/h9H,5-8H2,1-4H3,(H,17,25)(H,19,24,26). The highest BCUT2D eigenvalue weighted by molar-refractivity contribution is 8.76. The second-order valence-corrected chi connectivity index (χ2v) is 9.65. The second kappa shape index (κ2) is 11.0. The van der Waals surface area contributed by atoms with Crippen molar-refractivity contribution in [3.63, 3.8) is 0 Å². The monoisotopic (exact) mass is 473 g/mol. The van der Waals surface area contributed by atoms with Crippen LogP contribution in [0.2, 0.25) is 0 Å². The van der Waals surface area contributed by atoms with Crippen LogP contribution in [0.1, 0.15) is 31.3 Å². The van der Waals surface area contributed by atoms with E-state index in [0.29, 0.717) is 18.1 Å². The van der Waals surface area contributed by atoms with Gasteiger partial charge in [-0.05, 0) is 20.8 Å². The number of hydrogen-bond acceptors (Lipinski definition) is 11. The van der Waals surface area contributed by atoms with Gasteiger partial charge in [-0.15, -0.1) is 5.10 Å². The van der Waals surface area contributed by atoms with Crippen LogP contribution in [-0.4, -0.2) is 72.7 Å². The molecule has 0 saturated carbocycles. The zero-order valence-corrected chi connectivity index (χ0v) is 19.0. The van der Waals surface area contributed by atoms with Crippen LogP contribution in [0, 0.1) is 0 Å². The molecule has 2 aromatic rings. The van der Waals surface area contributed by atoms with Crippen LogP contribution in [0.15, 0.2) is 11.1 Å². The van der Waals surface area contributed by atoms with E-state index in [2.05, 4.69) is 20.6 Å². The Labute approximate surface area is 185 Å². The molecule has 3 amide bonds. The smallest absolute Gasteiger partial charge is 0.414 e. The maximum absolute atomic E-state index is 12.2. The summed E-state index contributed by atoms with van der Waals surface area (Å²) in [6, 6.07) is 0. The number of fused-ring (bicyclic) bond motifs is 1. The number of hydrogen-bond donors (Lipinski definition) is 2. The summed E-state index contributed by atoms with van der Waals surface area (Å²) >= 11 is 0. The summed E-state index contributed by atoms with van der Waals surface area (Å²) in [5, 5.41) is 12.0. The number of nitrogens with one attached hydrogen (secondary N) is 2. The van der Waals surface area contributed by atoms with E-state index >= 15 is 0 Å². The summed E-state index contributed by atoms with van der Waals surface area (Å²) in [6.45, 7) is 5.87. The maximum Gasteiger partial charge on any atom is 0.414 e. The number of carbonyl (C=O) groups excluding carboxylic acids is 3. The molecule has 0 saturated heterocycles. The summed E-state index contributed by atoms with van der Waals surface area (Å²) in [5.41, 5.74) is -1.36. The molecule has 0 aliphatic rings. The molecule has 0 radical (unpaired) electrons. The third-order valence-corrected chi connectivity index (χ3v) is 5.64. The predicted molar refractivity (Wildman–Crippen MR) is 114 cm³/mol. The van der Waals surface area contributed by atoms with E-state index in [1.165, 1.54) is 28.6 Å². The zero-order chi connectivity index (χ0) is 23.0. The largest absolute Gasteiger partial charge is 0.448 e. The number of aromatic nitrogens is 5. The lowest BCUT2D eigenvalue weighted by molar-refractivity contribution is 0.0531. The fourth-order valence-electron chi connectivity index (χ4n) is 2.02. The topological polar surface area (TPSA) is 159 Å². The first-order valence-electron chi connectivity index (χ1n) is 9.05. The fourth-order valence-corrected chi connectivity index (χ4v) is 3.76. The summed E-state index contributed by atoms with van der Waals surface area (Å²) < 4.78 is 12.1. The molecule has 0 aliphatic carbocycles. The molecule has 31 heavy (non-hydrogen) atoms. The normalized spacial score (nSPS) is 11.2.